The summed E-state index contributed by atoms with van der Waals surface area (Å²) in [6, 6.07) is 11.9. The second-order valence-electron chi connectivity index (χ2n) is 6.42. The molecule has 0 aliphatic rings. The van der Waals surface area contributed by atoms with Gasteiger partial charge in [-0.05, 0) is 37.1 Å². The number of nitrogens with one attached hydrogen (secondary N) is 3. The van der Waals surface area contributed by atoms with Gasteiger partial charge in [-0.1, -0.05) is 24.3 Å². The third-order valence-corrected chi connectivity index (χ3v) is 4.31. The topological polar surface area (TPSA) is 82.2 Å². The summed E-state index contributed by atoms with van der Waals surface area (Å²) in [7, 11) is 0. The van der Waals surface area contributed by atoms with Crippen LogP contribution in [0.15, 0.2) is 42.7 Å². The number of aromatic nitrogens is 2. The van der Waals surface area contributed by atoms with Crippen LogP contribution in [-0.2, 0) is 0 Å². The molecule has 1 atom stereocenters. The predicted molar refractivity (Wildman–Crippen MR) is 119 cm³/mol. The third-order valence-electron chi connectivity index (χ3n) is 4.31. The number of H-pyrrole nitrogens is 1. The lowest BCUT2D eigenvalue weighted by atomic mass is 10.1. The summed E-state index contributed by atoms with van der Waals surface area (Å²) in [4.78, 5) is 7.25. The van der Waals surface area contributed by atoms with Gasteiger partial charge in [-0.15, -0.1) is 24.8 Å². The summed E-state index contributed by atoms with van der Waals surface area (Å²) in [5.74, 6) is 0.704. The van der Waals surface area contributed by atoms with Crippen LogP contribution in [0, 0.1) is 13.8 Å². The molecular weight excluding hydrogens is 399 g/mol. The first kappa shape index (κ1) is 24.0. The van der Waals surface area contributed by atoms with Crippen molar-refractivity contribution in [2.45, 2.75) is 20.0 Å². The van der Waals surface area contributed by atoms with Crippen LogP contribution < -0.4 is 15.4 Å². The van der Waals surface area contributed by atoms with E-state index in [1.165, 1.54) is 16.8 Å². The highest BCUT2D eigenvalue weighted by molar-refractivity contribution is 5.85. The Bertz CT molecular complexity index is 837. The SMILES string of the molecule is Cc1cccc(C)c1NCCNCC(O)COc1cccc2nc[nH]c12.Cl.Cl. The number of rotatable bonds is 9. The number of aliphatic hydroxyl groups is 1. The molecule has 0 fully saturated rings. The Morgan fingerprint density at radius 3 is 2.54 bits per heavy atom. The number of halogens is 2. The summed E-state index contributed by atoms with van der Waals surface area (Å²) < 4.78 is 5.72. The van der Waals surface area contributed by atoms with Crippen LogP contribution >= 0.6 is 24.8 Å². The molecule has 0 radical (unpaired) electrons. The van der Waals surface area contributed by atoms with Gasteiger partial charge >= 0.3 is 0 Å². The third kappa shape index (κ3) is 6.27. The zero-order valence-electron chi connectivity index (χ0n) is 16.1. The van der Waals surface area contributed by atoms with E-state index in [1.807, 2.05) is 18.2 Å². The van der Waals surface area contributed by atoms with Gasteiger partial charge in [0.1, 0.15) is 24.0 Å². The van der Waals surface area contributed by atoms with Crippen LogP contribution in [0.5, 0.6) is 5.75 Å². The molecule has 0 bridgehead atoms. The van der Waals surface area contributed by atoms with Crippen LogP contribution in [0.1, 0.15) is 11.1 Å². The highest BCUT2D eigenvalue weighted by atomic mass is 35.5. The fraction of sp³-hybridized carbons (Fsp3) is 0.350. The summed E-state index contributed by atoms with van der Waals surface area (Å²) >= 11 is 0. The molecule has 3 rings (SSSR count). The lowest BCUT2D eigenvalue weighted by Crippen LogP contribution is -2.34. The number of aromatic amines is 1. The van der Waals surface area contributed by atoms with E-state index >= 15 is 0 Å². The van der Waals surface area contributed by atoms with Gasteiger partial charge in [-0.25, -0.2) is 4.98 Å². The van der Waals surface area contributed by atoms with Gasteiger partial charge in [-0.3, -0.25) is 0 Å². The number of aryl methyl sites for hydroxylation is 2. The molecule has 0 spiro atoms. The molecule has 1 aromatic heterocycles. The Balaban J connectivity index is 0.00000196. The van der Waals surface area contributed by atoms with Crippen molar-refractivity contribution >= 4 is 41.5 Å². The maximum Gasteiger partial charge on any atom is 0.145 e. The molecular formula is C20H28Cl2N4O2. The molecule has 6 nitrogen and oxygen atoms in total. The lowest BCUT2D eigenvalue weighted by Gasteiger charge is -2.15. The second kappa shape index (κ2) is 11.8. The average Bonchev–Trinajstić information content (AvgIpc) is 3.11. The predicted octanol–water partition coefficient (Wildman–Crippen LogP) is 3.46. The minimum absolute atomic E-state index is 0. The highest BCUT2D eigenvalue weighted by Gasteiger charge is 2.08. The average molecular weight is 427 g/mol. The van der Waals surface area contributed by atoms with Crippen LogP contribution in [0.2, 0.25) is 0 Å². The molecule has 0 aliphatic carbocycles. The smallest absolute Gasteiger partial charge is 0.145 e. The Kier molecular flexibility index (Phi) is 10.1. The van der Waals surface area contributed by atoms with E-state index in [0.717, 1.165) is 24.1 Å². The number of aliphatic hydroxyl groups excluding tert-OH is 1. The summed E-state index contributed by atoms with van der Waals surface area (Å²) in [5, 5.41) is 16.8. The van der Waals surface area contributed by atoms with E-state index < -0.39 is 6.10 Å². The minimum atomic E-state index is -0.576. The Morgan fingerprint density at radius 2 is 1.79 bits per heavy atom. The Hall–Kier alpha value is -1.99. The Labute approximate surface area is 177 Å². The van der Waals surface area contributed by atoms with Crippen LogP contribution in [-0.4, -0.2) is 47.4 Å². The van der Waals surface area contributed by atoms with Gasteiger partial charge in [0.25, 0.3) is 0 Å². The molecule has 0 amide bonds. The van der Waals surface area contributed by atoms with Gasteiger partial charge in [-0.2, -0.15) is 0 Å². The molecule has 0 saturated carbocycles. The zero-order chi connectivity index (χ0) is 18.4. The van der Waals surface area contributed by atoms with Gasteiger partial charge in [0.2, 0.25) is 0 Å². The molecule has 2 aromatic carbocycles. The number of ether oxygens (including phenoxy) is 1. The molecule has 154 valence electrons. The van der Waals surface area contributed by atoms with Crippen molar-refractivity contribution < 1.29 is 9.84 Å². The van der Waals surface area contributed by atoms with Gasteiger partial charge < -0.3 is 25.5 Å². The molecule has 1 heterocycles. The van der Waals surface area contributed by atoms with Crippen molar-refractivity contribution in [2.75, 3.05) is 31.6 Å². The van der Waals surface area contributed by atoms with Crippen LogP contribution in [0.3, 0.4) is 0 Å². The highest BCUT2D eigenvalue weighted by Crippen LogP contribution is 2.22. The number of para-hydroxylation sites is 2. The van der Waals surface area contributed by atoms with Crippen molar-refractivity contribution in [3.05, 3.63) is 53.9 Å². The first-order chi connectivity index (χ1) is 12.6. The van der Waals surface area contributed by atoms with E-state index in [4.69, 9.17) is 4.74 Å². The van der Waals surface area contributed by atoms with E-state index in [-0.39, 0.29) is 31.4 Å². The number of anilines is 1. The van der Waals surface area contributed by atoms with Gasteiger partial charge in [0.05, 0.1) is 11.8 Å². The molecule has 3 aromatic rings. The summed E-state index contributed by atoms with van der Waals surface area (Å²) in [6.07, 6.45) is 1.06. The summed E-state index contributed by atoms with van der Waals surface area (Å²) in [6.45, 7) is 6.48. The van der Waals surface area contributed by atoms with Crippen LogP contribution in [0.4, 0.5) is 5.69 Å². The largest absolute Gasteiger partial charge is 0.489 e. The van der Waals surface area contributed by atoms with E-state index in [1.54, 1.807) is 6.33 Å². The van der Waals surface area contributed by atoms with E-state index in [2.05, 4.69) is 52.6 Å². The number of hydrogen-bond donors (Lipinski definition) is 4. The maximum atomic E-state index is 10.1. The van der Waals surface area contributed by atoms with E-state index in [9.17, 15) is 5.11 Å². The van der Waals surface area contributed by atoms with Crippen molar-refractivity contribution in [3.8, 4) is 5.75 Å². The Morgan fingerprint density at radius 1 is 1.07 bits per heavy atom. The second-order valence-corrected chi connectivity index (χ2v) is 6.42. The van der Waals surface area contributed by atoms with Crippen LogP contribution in [0.25, 0.3) is 11.0 Å². The number of benzene rings is 2. The first-order valence-electron chi connectivity index (χ1n) is 8.89. The number of nitrogens with zero attached hydrogens (tertiary/aromatic N) is 1. The number of fused-ring (bicyclic) bond motifs is 1. The monoisotopic (exact) mass is 426 g/mol. The molecule has 0 saturated heterocycles. The number of hydrogen-bond acceptors (Lipinski definition) is 5. The fourth-order valence-electron chi connectivity index (χ4n) is 2.94. The summed E-state index contributed by atoms with van der Waals surface area (Å²) in [5.41, 5.74) is 5.38. The maximum absolute atomic E-state index is 10.1. The van der Waals surface area contributed by atoms with Gasteiger partial charge in [0.15, 0.2) is 0 Å². The number of imidazole rings is 1. The molecule has 8 heteroatoms. The normalized spacial score (nSPS) is 11.4. The first-order valence-corrected chi connectivity index (χ1v) is 8.89. The zero-order valence-corrected chi connectivity index (χ0v) is 17.7. The van der Waals surface area contributed by atoms with E-state index in [0.29, 0.717) is 12.3 Å². The standard InChI is InChI=1S/C20H26N4O2.2ClH/c1-14-5-3-6-15(2)19(14)22-10-9-21-11-16(25)12-26-18-8-4-7-17-20(18)24-13-23-17;;/h3-8,13,16,21-22,25H,9-12H2,1-2H3,(H,23,24);2*1H. The minimum Gasteiger partial charge on any atom is -0.489 e. The molecule has 0 aliphatic heterocycles. The van der Waals surface area contributed by atoms with Crippen molar-refractivity contribution in [2.24, 2.45) is 0 Å². The van der Waals surface area contributed by atoms with Crippen molar-refractivity contribution in [1.82, 2.24) is 15.3 Å². The lowest BCUT2D eigenvalue weighted by molar-refractivity contribution is 0.107. The van der Waals surface area contributed by atoms with Crippen molar-refractivity contribution in [3.63, 3.8) is 0 Å². The molecule has 1 unspecified atom stereocenters. The molecule has 4 N–H and O–H groups in total. The van der Waals surface area contributed by atoms with Gasteiger partial charge in [0, 0.05) is 25.3 Å². The van der Waals surface area contributed by atoms with Crippen molar-refractivity contribution in [1.29, 1.82) is 0 Å². The quantitative estimate of drug-likeness (QED) is 0.393. The fourth-order valence-corrected chi connectivity index (χ4v) is 2.94. The molecule has 28 heavy (non-hydrogen) atoms.